The SMILES string of the molecule is COC(=O)[C@]1(S)CC2(CN1C(=O)OC(C)(C)C)OCCO2. The van der Waals surface area contributed by atoms with Gasteiger partial charge in [-0.15, -0.1) is 12.6 Å². The number of hydrogen-bond acceptors (Lipinski definition) is 7. The average Bonchev–Trinajstić information content (AvgIpc) is 2.92. The first-order chi connectivity index (χ1) is 9.62. The van der Waals surface area contributed by atoms with Gasteiger partial charge in [0, 0.05) is 6.42 Å². The molecule has 120 valence electrons. The summed E-state index contributed by atoms with van der Waals surface area (Å²) in [5, 5.41) is 0. The average molecular weight is 319 g/mol. The van der Waals surface area contributed by atoms with Crippen LogP contribution in [0.2, 0.25) is 0 Å². The van der Waals surface area contributed by atoms with Crippen LogP contribution < -0.4 is 0 Å². The van der Waals surface area contributed by atoms with E-state index in [1.807, 2.05) is 0 Å². The molecule has 0 bridgehead atoms. The number of thiol groups is 1. The quantitative estimate of drug-likeness (QED) is 0.578. The van der Waals surface area contributed by atoms with Crippen molar-refractivity contribution in [2.24, 2.45) is 0 Å². The van der Waals surface area contributed by atoms with Crippen molar-refractivity contribution >= 4 is 24.7 Å². The van der Waals surface area contributed by atoms with E-state index in [1.165, 1.54) is 12.0 Å². The van der Waals surface area contributed by atoms with Crippen LogP contribution in [0.4, 0.5) is 4.79 Å². The molecular formula is C13H21NO6S. The lowest BCUT2D eigenvalue weighted by Crippen LogP contribution is -2.51. The fourth-order valence-corrected chi connectivity index (χ4v) is 2.95. The minimum Gasteiger partial charge on any atom is -0.467 e. The van der Waals surface area contributed by atoms with Gasteiger partial charge in [0.05, 0.1) is 26.9 Å². The van der Waals surface area contributed by atoms with Crippen molar-refractivity contribution in [2.75, 3.05) is 26.9 Å². The highest BCUT2D eigenvalue weighted by Crippen LogP contribution is 2.44. The maximum absolute atomic E-state index is 12.4. The number of hydrogen-bond donors (Lipinski definition) is 1. The Kier molecular flexibility index (Phi) is 4.16. The highest BCUT2D eigenvalue weighted by Gasteiger charge is 2.62. The van der Waals surface area contributed by atoms with E-state index < -0.39 is 28.3 Å². The van der Waals surface area contributed by atoms with Crippen LogP contribution in [0.15, 0.2) is 0 Å². The summed E-state index contributed by atoms with van der Waals surface area (Å²) >= 11 is 4.38. The van der Waals surface area contributed by atoms with Crippen molar-refractivity contribution in [2.45, 2.75) is 43.5 Å². The lowest BCUT2D eigenvalue weighted by atomic mass is 10.1. The van der Waals surface area contributed by atoms with Crippen LogP contribution >= 0.6 is 12.6 Å². The zero-order chi connectivity index (χ0) is 15.9. The summed E-state index contributed by atoms with van der Waals surface area (Å²) in [6, 6.07) is 0. The largest absolute Gasteiger partial charge is 0.467 e. The van der Waals surface area contributed by atoms with Gasteiger partial charge in [-0.25, -0.2) is 9.59 Å². The van der Waals surface area contributed by atoms with Gasteiger partial charge in [-0.05, 0) is 20.8 Å². The maximum atomic E-state index is 12.4. The monoisotopic (exact) mass is 319 g/mol. The summed E-state index contributed by atoms with van der Waals surface area (Å²) in [4.78, 5) is 24.2. The van der Waals surface area contributed by atoms with E-state index >= 15 is 0 Å². The second-order valence-corrected chi connectivity index (χ2v) is 6.90. The van der Waals surface area contributed by atoms with Crippen molar-refractivity contribution in [1.82, 2.24) is 4.90 Å². The first-order valence-corrected chi connectivity index (χ1v) is 7.16. The van der Waals surface area contributed by atoms with Gasteiger partial charge in [0.1, 0.15) is 5.60 Å². The lowest BCUT2D eigenvalue weighted by molar-refractivity contribution is -0.153. The van der Waals surface area contributed by atoms with Crippen molar-refractivity contribution in [3.05, 3.63) is 0 Å². The minimum atomic E-state index is -1.47. The molecule has 2 saturated heterocycles. The van der Waals surface area contributed by atoms with Crippen LogP contribution in [0.3, 0.4) is 0 Å². The third kappa shape index (κ3) is 3.12. The summed E-state index contributed by atoms with van der Waals surface area (Å²) in [5.74, 6) is -1.67. The summed E-state index contributed by atoms with van der Waals surface area (Å²) in [6.07, 6.45) is -0.562. The Bertz CT molecular complexity index is 442. The molecule has 8 heteroatoms. The molecule has 2 aliphatic rings. The molecule has 1 amide bonds. The standard InChI is InChI=1S/C13H21NO6S/c1-11(2,3)20-10(16)14-8-12(18-5-6-19-12)7-13(14,21)9(15)17-4/h21H,5-8H2,1-4H3/t13-/m1/s1. The number of methoxy groups -OCH3 is 1. The van der Waals surface area contributed by atoms with Crippen molar-refractivity contribution in [3.63, 3.8) is 0 Å². The number of rotatable bonds is 1. The molecule has 1 spiro atoms. The molecule has 0 unspecified atom stereocenters. The van der Waals surface area contributed by atoms with Crippen LogP contribution in [0.25, 0.3) is 0 Å². The Labute approximate surface area is 129 Å². The van der Waals surface area contributed by atoms with Gasteiger partial charge >= 0.3 is 12.1 Å². The molecule has 0 aliphatic carbocycles. The van der Waals surface area contributed by atoms with E-state index in [4.69, 9.17) is 18.9 Å². The lowest BCUT2D eigenvalue weighted by Gasteiger charge is -2.32. The van der Waals surface area contributed by atoms with Gasteiger partial charge in [-0.1, -0.05) is 0 Å². The van der Waals surface area contributed by atoms with Gasteiger partial charge in [0.15, 0.2) is 10.7 Å². The molecule has 0 aromatic carbocycles. The van der Waals surface area contributed by atoms with Gasteiger partial charge in [0.2, 0.25) is 0 Å². The summed E-state index contributed by atoms with van der Waals surface area (Å²) in [5.41, 5.74) is -0.685. The molecule has 0 saturated carbocycles. The molecular weight excluding hydrogens is 298 g/mol. The Morgan fingerprint density at radius 2 is 1.81 bits per heavy atom. The third-order valence-corrected chi connectivity index (χ3v) is 3.88. The minimum absolute atomic E-state index is 0.0700. The van der Waals surface area contributed by atoms with Gasteiger partial charge in [-0.2, -0.15) is 0 Å². The number of esters is 1. The Morgan fingerprint density at radius 3 is 2.29 bits per heavy atom. The molecule has 7 nitrogen and oxygen atoms in total. The predicted octanol–water partition coefficient (Wildman–Crippen LogP) is 1.17. The smallest absolute Gasteiger partial charge is 0.412 e. The molecule has 2 heterocycles. The van der Waals surface area contributed by atoms with Gasteiger partial charge in [0.25, 0.3) is 0 Å². The fourth-order valence-electron chi connectivity index (χ4n) is 2.47. The van der Waals surface area contributed by atoms with E-state index in [-0.39, 0.29) is 13.0 Å². The summed E-state index contributed by atoms with van der Waals surface area (Å²) in [7, 11) is 1.24. The highest BCUT2D eigenvalue weighted by molar-refractivity contribution is 7.82. The van der Waals surface area contributed by atoms with E-state index in [0.717, 1.165) is 0 Å². The van der Waals surface area contributed by atoms with Gasteiger partial charge in [-0.3, -0.25) is 4.90 Å². The molecule has 0 aromatic heterocycles. The summed E-state index contributed by atoms with van der Waals surface area (Å²) < 4.78 is 21.3. The molecule has 2 aliphatic heterocycles. The Morgan fingerprint density at radius 1 is 1.24 bits per heavy atom. The third-order valence-electron chi connectivity index (χ3n) is 3.30. The number of carbonyl (C=O) groups excluding carboxylic acids is 2. The number of likely N-dealkylation sites (tertiary alicyclic amines) is 1. The number of carbonyl (C=O) groups is 2. The Hall–Kier alpha value is -0.990. The molecule has 2 fully saturated rings. The first kappa shape index (κ1) is 16.4. The van der Waals surface area contributed by atoms with E-state index in [2.05, 4.69) is 12.6 Å². The molecule has 2 rings (SSSR count). The normalized spacial score (nSPS) is 28.0. The van der Waals surface area contributed by atoms with E-state index in [1.54, 1.807) is 20.8 Å². The van der Waals surface area contributed by atoms with Crippen molar-refractivity contribution in [3.8, 4) is 0 Å². The second kappa shape index (κ2) is 5.33. The molecule has 1 atom stereocenters. The number of amides is 1. The van der Waals surface area contributed by atoms with Crippen molar-refractivity contribution < 1.29 is 28.5 Å². The molecule has 21 heavy (non-hydrogen) atoms. The first-order valence-electron chi connectivity index (χ1n) is 6.71. The predicted molar refractivity (Wildman–Crippen MR) is 75.9 cm³/mol. The van der Waals surface area contributed by atoms with Crippen LogP contribution in [-0.4, -0.2) is 60.1 Å². The van der Waals surface area contributed by atoms with E-state index in [0.29, 0.717) is 13.2 Å². The molecule has 0 N–H and O–H groups in total. The van der Waals surface area contributed by atoms with Gasteiger partial charge < -0.3 is 18.9 Å². The maximum Gasteiger partial charge on any atom is 0.412 e. The molecule has 0 aromatic rings. The number of ether oxygens (including phenoxy) is 4. The second-order valence-electron chi connectivity index (χ2n) is 6.16. The van der Waals surface area contributed by atoms with Crippen LogP contribution in [-0.2, 0) is 23.7 Å². The topological polar surface area (TPSA) is 74.3 Å². The highest BCUT2D eigenvalue weighted by atomic mass is 32.1. The number of nitrogens with zero attached hydrogens (tertiary/aromatic N) is 1. The Balaban J connectivity index is 2.27. The zero-order valence-electron chi connectivity index (χ0n) is 12.7. The fraction of sp³-hybridized carbons (Fsp3) is 0.846. The van der Waals surface area contributed by atoms with Crippen LogP contribution in [0.5, 0.6) is 0 Å². The van der Waals surface area contributed by atoms with Crippen LogP contribution in [0.1, 0.15) is 27.2 Å². The van der Waals surface area contributed by atoms with E-state index in [9.17, 15) is 9.59 Å². The zero-order valence-corrected chi connectivity index (χ0v) is 13.6. The van der Waals surface area contributed by atoms with Crippen molar-refractivity contribution in [1.29, 1.82) is 0 Å². The van der Waals surface area contributed by atoms with Crippen LogP contribution in [0, 0.1) is 0 Å². The molecule has 0 radical (unpaired) electrons. The summed E-state index contributed by atoms with van der Waals surface area (Å²) in [6.45, 7) is 6.13.